The molecule has 10 atom stereocenters. The van der Waals surface area contributed by atoms with Gasteiger partial charge in [-0.05, 0) is 96.2 Å². The van der Waals surface area contributed by atoms with Crippen LogP contribution in [0.2, 0.25) is 0 Å². The zero-order valence-corrected chi connectivity index (χ0v) is 22.7. The summed E-state index contributed by atoms with van der Waals surface area (Å²) < 4.78 is 0. The normalized spacial score (nSPS) is 55.8. The van der Waals surface area contributed by atoms with Gasteiger partial charge in [0.2, 0.25) is 0 Å². The summed E-state index contributed by atoms with van der Waals surface area (Å²) in [4.78, 5) is 0. The maximum absolute atomic E-state index is 11.3. The lowest BCUT2D eigenvalue weighted by molar-refractivity contribution is -0.227. The zero-order valence-electron chi connectivity index (χ0n) is 22.7. The third-order valence-corrected chi connectivity index (χ3v) is 13.4. The van der Waals surface area contributed by atoms with Gasteiger partial charge in [0.1, 0.15) is 0 Å². The first-order valence-electron chi connectivity index (χ1n) is 14.0. The molecular formula is C30H50O4. The lowest BCUT2D eigenvalue weighted by Gasteiger charge is -2.72. The third-order valence-electron chi connectivity index (χ3n) is 13.4. The molecule has 4 nitrogen and oxygen atoms in total. The average Bonchev–Trinajstić information content (AvgIpc) is 2.76. The van der Waals surface area contributed by atoms with Crippen molar-refractivity contribution in [1.82, 2.24) is 0 Å². The summed E-state index contributed by atoms with van der Waals surface area (Å²) in [6, 6.07) is 0. The Morgan fingerprint density at radius 2 is 1.50 bits per heavy atom. The van der Waals surface area contributed by atoms with Gasteiger partial charge in [0, 0.05) is 5.41 Å². The van der Waals surface area contributed by atoms with Gasteiger partial charge in [0.25, 0.3) is 0 Å². The van der Waals surface area contributed by atoms with E-state index >= 15 is 0 Å². The largest absolute Gasteiger partial charge is 0.396 e. The van der Waals surface area contributed by atoms with E-state index in [1.807, 2.05) is 0 Å². The molecule has 5 rings (SSSR count). The van der Waals surface area contributed by atoms with Gasteiger partial charge in [-0.2, -0.15) is 0 Å². The van der Waals surface area contributed by atoms with E-state index in [0.29, 0.717) is 11.8 Å². The van der Waals surface area contributed by atoms with Crippen molar-refractivity contribution in [1.29, 1.82) is 0 Å². The first-order chi connectivity index (χ1) is 15.6. The molecule has 4 heteroatoms. The van der Waals surface area contributed by atoms with Crippen molar-refractivity contribution in [3.63, 3.8) is 0 Å². The van der Waals surface area contributed by atoms with Crippen molar-refractivity contribution >= 4 is 0 Å². The van der Waals surface area contributed by atoms with Crippen LogP contribution in [0.1, 0.15) is 99.8 Å². The molecule has 0 radical (unpaired) electrons. The number of rotatable bonds is 1. The van der Waals surface area contributed by atoms with Crippen molar-refractivity contribution in [2.75, 3.05) is 6.61 Å². The van der Waals surface area contributed by atoms with Crippen LogP contribution in [0.3, 0.4) is 0 Å². The average molecular weight is 475 g/mol. The second-order valence-electron chi connectivity index (χ2n) is 15.2. The van der Waals surface area contributed by atoms with Gasteiger partial charge in [-0.15, -0.1) is 0 Å². The highest BCUT2D eigenvalue weighted by Gasteiger charge is 2.69. The van der Waals surface area contributed by atoms with E-state index in [-0.39, 0.29) is 45.7 Å². The van der Waals surface area contributed by atoms with Crippen LogP contribution in [-0.4, -0.2) is 45.3 Å². The van der Waals surface area contributed by atoms with E-state index < -0.39 is 17.6 Å². The molecule has 0 aromatic carbocycles. The van der Waals surface area contributed by atoms with Crippen molar-refractivity contribution in [2.45, 2.75) is 118 Å². The van der Waals surface area contributed by atoms with E-state index in [4.69, 9.17) is 0 Å². The summed E-state index contributed by atoms with van der Waals surface area (Å²) in [5.74, 6) is 1.22. The van der Waals surface area contributed by atoms with E-state index in [1.54, 1.807) is 0 Å². The minimum absolute atomic E-state index is 0.0333. The highest BCUT2D eigenvalue weighted by atomic mass is 16.3. The second-order valence-corrected chi connectivity index (χ2v) is 15.2. The lowest BCUT2D eigenvalue weighted by atomic mass is 9.33. The fraction of sp³-hybridized carbons (Fsp3) is 0.933. The van der Waals surface area contributed by atoms with Gasteiger partial charge in [0.15, 0.2) is 0 Å². The SMILES string of the molecule is CC1(C)CC2C3=CCC4[C@@]5(C)CC[C@H](O)C(C)(C)C5CC[C@@]4(C)C3(C)CC[C@@]2(CO)C(O)[C@@H]1O. The van der Waals surface area contributed by atoms with Crippen LogP contribution in [0.15, 0.2) is 11.6 Å². The lowest BCUT2D eigenvalue weighted by Crippen LogP contribution is -2.67. The molecule has 0 bridgehead atoms. The predicted octanol–water partition coefficient (Wildman–Crippen LogP) is 5.08. The number of hydrogen-bond acceptors (Lipinski definition) is 4. The maximum atomic E-state index is 11.3. The highest BCUT2D eigenvalue weighted by Crippen LogP contribution is 2.75. The fourth-order valence-corrected chi connectivity index (χ4v) is 10.8. The standard InChI is InChI=1S/C30H50O4/c1-25(2)16-19-18-8-9-21-27(5)12-11-22(32)26(3,4)20(27)10-13-29(21,7)28(18,6)14-15-30(19,17-31)24(34)23(25)33/h8,19-24,31-34H,9-17H2,1-7H3/t19?,20?,21?,22-,23-,24?,27-,28?,29+,30-/m0/s1. The molecule has 0 heterocycles. The smallest absolute Gasteiger partial charge is 0.0888 e. The minimum Gasteiger partial charge on any atom is -0.396 e. The van der Waals surface area contributed by atoms with Crippen LogP contribution in [0.4, 0.5) is 0 Å². The third kappa shape index (κ3) is 2.81. The number of fused-ring (bicyclic) bond motifs is 7. The second kappa shape index (κ2) is 7.33. The van der Waals surface area contributed by atoms with Crippen LogP contribution >= 0.6 is 0 Å². The fourth-order valence-electron chi connectivity index (χ4n) is 10.8. The van der Waals surface area contributed by atoms with E-state index in [2.05, 4.69) is 54.5 Å². The maximum Gasteiger partial charge on any atom is 0.0888 e. The van der Waals surface area contributed by atoms with Gasteiger partial charge < -0.3 is 20.4 Å². The Morgan fingerprint density at radius 1 is 0.824 bits per heavy atom. The van der Waals surface area contributed by atoms with Crippen molar-refractivity contribution in [2.24, 2.45) is 50.2 Å². The van der Waals surface area contributed by atoms with Gasteiger partial charge in [-0.3, -0.25) is 0 Å². The molecule has 4 fully saturated rings. The molecule has 0 spiro atoms. The molecule has 0 aliphatic heterocycles. The summed E-state index contributed by atoms with van der Waals surface area (Å²) in [6.07, 6.45) is 8.54. The van der Waals surface area contributed by atoms with Gasteiger partial charge >= 0.3 is 0 Å². The summed E-state index contributed by atoms with van der Waals surface area (Å²) in [6.45, 7) is 16.2. The molecule has 34 heavy (non-hydrogen) atoms. The summed E-state index contributed by atoms with van der Waals surface area (Å²) >= 11 is 0. The number of aliphatic hydroxyl groups is 4. The van der Waals surface area contributed by atoms with Gasteiger partial charge in [-0.25, -0.2) is 0 Å². The minimum atomic E-state index is -0.892. The monoisotopic (exact) mass is 474 g/mol. The van der Waals surface area contributed by atoms with Crippen LogP contribution in [0.25, 0.3) is 0 Å². The summed E-state index contributed by atoms with van der Waals surface area (Å²) in [5, 5.41) is 43.9. The molecular weight excluding hydrogens is 424 g/mol. The Bertz CT molecular complexity index is 877. The first-order valence-corrected chi connectivity index (χ1v) is 14.0. The first kappa shape index (κ1) is 25.2. The van der Waals surface area contributed by atoms with E-state index in [0.717, 1.165) is 38.5 Å². The van der Waals surface area contributed by atoms with Crippen molar-refractivity contribution in [3.8, 4) is 0 Å². The molecule has 194 valence electrons. The number of allylic oxidation sites excluding steroid dienone is 2. The van der Waals surface area contributed by atoms with Crippen LogP contribution in [0, 0.1) is 50.2 Å². The number of hydrogen-bond donors (Lipinski definition) is 4. The Labute approximate surface area is 207 Å². The summed E-state index contributed by atoms with van der Waals surface area (Å²) in [7, 11) is 0. The molecule has 0 aromatic heterocycles. The Morgan fingerprint density at radius 3 is 2.15 bits per heavy atom. The van der Waals surface area contributed by atoms with Crippen LogP contribution in [0.5, 0.6) is 0 Å². The van der Waals surface area contributed by atoms with Crippen molar-refractivity contribution in [3.05, 3.63) is 11.6 Å². The van der Waals surface area contributed by atoms with E-state index in [9.17, 15) is 20.4 Å². The molecule has 5 unspecified atom stereocenters. The summed E-state index contributed by atoms with van der Waals surface area (Å²) in [5.41, 5.74) is 0.801. The van der Waals surface area contributed by atoms with Crippen LogP contribution in [-0.2, 0) is 0 Å². The Kier molecular flexibility index (Phi) is 5.44. The Balaban J connectivity index is 1.60. The van der Waals surface area contributed by atoms with Gasteiger partial charge in [0.05, 0.1) is 24.9 Å². The molecule has 0 aromatic rings. The molecule has 0 saturated heterocycles. The van der Waals surface area contributed by atoms with Gasteiger partial charge in [-0.1, -0.05) is 60.1 Å². The Hall–Kier alpha value is -0.420. The highest BCUT2D eigenvalue weighted by molar-refractivity contribution is 5.35. The quantitative estimate of drug-likeness (QED) is 0.399. The van der Waals surface area contributed by atoms with Crippen LogP contribution < -0.4 is 0 Å². The predicted molar refractivity (Wildman–Crippen MR) is 135 cm³/mol. The van der Waals surface area contributed by atoms with Crippen molar-refractivity contribution < 1.29 is 20.4 Å². The van der Waals surface area contributed by atoms with E-state index in [1.165, 1.54) is 18.4 Å². The molecule has 4 N–H and O–H groups in total. The molecule has 5 aliphatic carbocycles. The molecule has 4 saturated carbocycles. The topological polar surface area (TPSA) is 80.9 Å². The molecule has 5 aliphatic rings. The zero-order chi connectivity index (χ0) is 25.1. The molecule has 0 amide bonds. The number of aliphatic hydroxyl groups excluding tert-OH is 4.